The van der Waals surface area contributed by atoms with Gasteiger partial charge in [0.2, 0.25) is 21.9 Å². The summed E-state index contributed by atoms with van der Waals surface area (Å²) >= 11 is 11.8. The molecule has 0 aliphatic heterocycles. The Labute approximate surface area is 158 Å². The van der Waals surface area contributed by atoms with Crippen LogP contribution in [0.4, 0.5) is 5.69 Å². The van der Waals surface area contributed by atoms with Crippen LogP contribution in [-0.2, 0) is 16.6 Å². The molecule has 1 spiro atoms. The Bertz CT molecular complexity index is 906. The lowest BCUT2D eigenvalue weighted by Crippen LogP contribution is -2.41. The Hall–Kier alpha value is -2.06. The van der Waals surface area contributed by atoms with Gasteiger partial charge in [0, 0.05) is 12.0 Å². The van der Waals surface area contributed by atoms with Gasteiger partial charge in [-0.2, -0.15) is 0 Å². The van der Waals surface area contributed by atoms with Gasteiger partial charge in [-0.05, 0) is 32.1 Å². The zero-order valence-electron chi connectivity index (χ0n) is 13.6. The summed E-state index contributed by atoms with van der Waals surface area (Å²) in [7, 11) is 0. The van der Waals surface area contributed by atoms with Crippen molar-refractivity contribution in [2.75, 3.05) is 0 Å². The molecule has 0 bridgehead atoms. The van der Waals surface area contributed by atoms with Crippen LogP contribution >= 0.6 is 23.2 Å². The summed E-state index contributed by atoms with van der Waals surface area (Å²) in [5, 5.41) is 14.4. The predicted octanol–water partition coefficient (Wildman–Crippen LogP) is 4.06. The summed E-state index contributed by atoms with van der Waals surface area (Å²) in [6.45, 7) is 0. The fourth-order valence-electron chi connectivity index (χ4n) is 4.04. The highest BCUT2D eigenvalue weighted by Crippen LogP contribution is 2.47. The Morgan fingerprint density at radius 2 is 1.77 bits per heavy atom. The second-order valence-corrected chi connectivity index (χ2v) is 7.36. The molecule has 1 atom stereocenters. The number of carbonyl (C=O) groups excluding carboxylic acids is 1. The minimum atomic E-state index is -0.736. The van der Waals surface area contributed by atoms with Crippen molar-refractivity contribution in [3.8, 4) is 11.6 Å². The van der Waals surface area contributed by atoms with Gasteiger partial charge in [-0.15, -0.1) is 0 Å². The number of nitro groups is 1. The third kappa shape index (κ3) is 2.51. The zero-order valence-corrected chi connectivity index (χ0v) is 15.1. The molecule has 26 heavy (non-hydrogen) atoms. The number of ketones is 1. The summed E-state index contributed by atoms with van der Waals surface area (Å²) in [5.41, 5.74) is 0.275. The molecule has 0 aromatic carbocycles. The van der Waals surface area contributed by atoms with E-state index in [1.54, 1.807) is 0 Å². The Kier molecular flexibility index (Phi) is 4.19. The largest absolute Gasteiger partial charge is 0.352 e. The van der Waals surface area contributed by atoms with Crippen molar-refractivity contribution in [1.82, 2.24) is 15.1 Å². The molecular weight excluding hydrogens is 383 g/mol. The van der Waals surface area contributed by atoms with Gasteiger partial charge in [-0.25, -0.2) is 9.97 Å². The van der Waals surface area contributed by atoms with Crippen LogP contribution in [0.15, 0.2) is 4.52 Å². The minimum absolute atomic E-state index is 0.0414. The highest BCUT2D eigenvalue weighted by molar-refractivity contribution is 6.36. The van der Waals surface area contributed by atoms with Crippen LogP contribution in [-0.4, -0.2) is 25.8 Å². The van der Waals surface area contributed by atoms with Crippen molar-refractivity contribution in [2.45, 2.75) is 50.4 Å². The molecule has 0 unspecified atom stereocenters. The standard InChI is InChI=1S/C16H14Cl2N4O4/c17-13-10(22(24)25)14(18)20-15(19-13)11-8-4-3-7-16(12(8)21-26-11)6-2-1-5-9(16)23/h1-7H2/t16-/m1/s1. The first-order valence-electron chi connectivity index (χ1n) is 8.34. The van der Waals surface area contributed by atoms with Gasteiger partial charge in [-0.1, -0.05) is 34.8 Å². The van der Waals surface area contributed by atoms with Crippen LogP contribution in [0.5, 0.6) is 0 Å². The highest BCUT2D eigenvalue weighted by Gasteiger charge is 2.48. The summed E-state index contributed by atoms with van der Waals surface area (Å²) < 4.78 is 5.48. The first-order chi connectivity index (χ1) is 12.4. The van der Waals surface area contributed by atoms with Crippen LogP contribution in [0.3, 0.4) is 0 Å². The number of aromatic nitrogens is 3. The van der Waals surface area contributed by atoms with Crippen molar-refractivity contribution in [2.24, 2.45) is 0 Å². The topological polar surface area (TPSA) is 112 Å². The molecule has 0 N–H and O–H groups in total. The van der Waals surface area contributed by atoms with Crippen molar-refractivity contribution in [1.29, 1.82) is 0 Å². The number of Topliss-reactive ketones (excluding diaryl/α,β-unsaturated/α-hetero) is 1. The summed E-state index contributed by atoms with van der Waals surface area (Å²) in [4.78, 5) is 30.9. The fourth-order valence-corrected chi connectivity index (χ4v) is 4.56. The maximum atomic E-state index is 12.7. The third-order valence-corrected chi connectivity index (χ3v) is 5.77. The Balaban J connectivity index is 1.83. The van der Waals surface area contributed by atoms with Crippen LogP contribution < -0.4 is 0 Å². The highest BCUT2D eigenvalue weighted by atomic mass is 35.5. The molecule has 8 nitrogen and oxygen atoms in total. The number of hydrogen-bond acceptors (Lipinski definition) is 7. The van der Waals surface area contributed by atoms with Gasteiger partial charge in [0.05, 0.1) is 10.3 Å². The maximum Gasteiger partial charge on any atom is 0.343 e. The van der Waals surface area contributed by atoms with Crippen molar-refractivity contribution < 1.29 is 14.2 Å². The van der Waals surface area contributed by atoms with E-state index in [1.165, 1.54) is 0 Å². The number of carbonyl (C=O) groups is 1. The van der Waals surface area contributed by atoms with Gasteiger partial charge in [0.25, 0.3) is 0 Å². The normalized spacial score (nSPS) is 22.5. The number of halogens is 2. The van der Waals surface area contributed by atoms with Crippen LogP contribution in [0.2, 0.25) is 10.3 Å². The predicted molar refractivity (Wildman–Crippen MR) is 92.3 cm³/mol. The average molecular weight is 397 g/mol. The van der Waals surface area contributed by atoms with E-state index in [1.807, 2.05) is 0 Å². The van der Waals surface area contributed by atoms with Crippen LogP contribution in [0, 0.1) is 10.1 Å². The van der Waals surface area contributed by atoms with E-state index >= 15 is 0 Å². The lowest BCUT2D eigenvalue weighted by atomic mass is 9.64. The minimum Gasteiger partial charge on any atom is -0.352 e. The third-order valence-electron chi connectivity index (χ3n) is 5.25. The van der Waals surface area contributed by atoms with E-state index in [0.717, 1.165) is 37.7 Å². The van der Waals surface area contributed by atoms with Gasteiger partial charge >= 0.3 is 5.69 Å². The van der Waals surface area contributed by atoms with E-state index < -0.39 is 16.0 Å². The van der Waals surface area contributed by atoms with Gasteiger partial charge < -0.3 is 4.52 Å². The summed E-state index contributed by atoms with van der Waals surface area (Å²) in [6.07, 6.45) is 5.42. The second kappa shape index (κ2) is 6.28. The molecule has 2 aromatic rings. The van der Waals surface area contributed by atoms with Gasteiger partial charge in [0.15, 0.2) is 0 Å². The fraction of sp³-hybridized carbons (Fsp3) is 0.500. The molecule has 0 radical (unpaired) electrons. The first-order valence-corrected chi connectivity index (χ1v) is 9.10. The maximum absolute atomic E-state index is 12.7. The SMILES string of the molecule is O=C1CCCC[C@@]12CCCc1c2noc1-c1nc(Cl)c([N+](=O)[O-])c(Cl)n1. The van der Waals surface area contributed by atoms with Crippen molar-refractivity contribution in [3.05, 3.63) is 31.7 Å². The zero-order chi connectivity index (χ0) is 18.5. The molecular formula is C16H14Cl2N4O4. The van der Waals surface area contributed by atoms with Crippen LogP contribution in [0.1, 0.15) is 49.8 Å². The Morgan fingerprint density at radius 1 is 1.08 bits per heavy atom. The van der Waals surface area contributed by atoms with Crippen LogP contribution in [0.25, 0.3) is 11.6 Å². The van der Waals surface area contributed by atoms with Gasteiger partial charge in [-0.3, -0.25) is 14.9 Å². The summed E-state index contributed by atoms with van der Waals surface area (Å²) in [5.74, 6) is 0.515. The number of hydrogen-bond donors (Lipinski definition) is 0. The molecule has 2 heterocycles. The molecule has 10 heteroatoms. The average Bonchev–Trinajstić information content (AvgIpc) is 3.02. The van der Waals surface area contributed by atoms with E-state index in [4.69, 9.17) is 27.7 Å². The van der Waals surface area contributed by atoms with Crippen molar-refractivity contribution >= 4 is 34.7 Å². The molecule has 2 aliphatic carbocycles. The number of rotatable bonds is 2. The molecule has 0 amide bonds. The molecule has 136 valence electrons. The van der Waals surface area contributed by atoms with E-state index in [9.17, 15) is 14.9 Å². The monoisotopic (exact) mass is 396 g/mol. The van der Waals surface area contributed by atoms with E-state index in [2.05, 4.69) is 15.1 Å². The smallest absolute Gasteiger partial charge is 0.343 e. The number of fused-ring (bicyclic) bond motifs is 2. The molecule has 0 saturated heterocycles. The molecule has 2 aliphatic rings. The molecule has 1 saturated carbocycles. The van der Waals surface area contributed by atoms with E-state index in [0.29, 0.717) is 18.5 Å². The second-order valence-electron chi connectivity index (χ2n) is 6.64. The first kappa shape index (κ1) is 17.4. The van der Waals surface area contributed by atoms with E-state index in [-0.39, 0.29) is 27.7 Å². The van der Waals surface area contributed by atoms with Crippen molar-refractivity contribution in [3.63, 3.8) is 0 Å². The molecule has 1 fully saturated rings. The Morgan fingerprint density at radius 3 is 2.42 bits per heavy atom. The quantitative estimate of drug-likeness (QED) is 0.427. The summed E-state index contributed by atoms with van der Waals surface area (Å²) in [6, 6.07) is 0. The lowest BCUT2D eigenvalue weighted by Gasteiger charge is -2.37. The number of nitrogens with zero attached hydrogens (tertiary/aromatic N) is 4. The molecule has 2 aromatic heterocycles. The van der Waals surface area contributed by atoms with Gasteiger partial charge in [0.1, 0.15) is 11.5 Å². The lowest BCUT2D eigenvalue weighted by molar-refractivity contribution is -0.385. The molecule has 4 rings (SSSR count).